The molecule has 2 heteroatoms. The molecular formula is C14H19ClZr. The van der Waals surface area contributed by atoms with Gasteiger partial charge in [0.05, 0.1) is 0 Å². The average Bonchev–Trinajstić information content (AvgIpc) is 2.94. The number of allylic oxidation sites excluding steroid dienone is 8. The predicted molar refractivity (Wildman–Crippen MR) is 63.4 cm³/mol. The second kappa shape index (κ2) is 20.5. The summed E-state index contributed by atoms with van der Waals surface area (Å²) >= 11 is 0. The molecule has 0 heterocycles. The Kier molecular flexibility index (Phi) is 27.5. The van der Waals surface area contributed by atoms with E-state index in [9.17, 15) is 0 Å². The van der Waals surface area contributed by atoms with E-state index in [1.165, 1.54) is 6.42 Å². The summed E-state index contributed by atoms with van der Waals surface area (Å²) in [5, 5.41) is 0. The van der Waals surface area contributed by atoms with Gasteiger partial charge in [-0.05, 0) is 0 Å². The summed E-state index contributed by atoms with van der Waals surface area (Å²) in [5.41, 5.74) is 0. The zero-order chi connectivity index (χ0) is 10.5. The second-order valence-electron chi connectivity index (χ2n) is 2.86. The zero-order valence-electron chi connectivity index (χ0n) is 9.88. The Bertz CT molecular complexity index is 171. The topological polar surface area (TPSA) is 0 Å². The van der Waals surface area contributed by atoms with Crippen molar-refractivity contribution in [2.24, 2.45) is 0 Å². The first kappa shape index (κ1) is 21.4. The fraction of sp³-hybridized carbons (Fsp3) is 0.357. The van der Waals surface area contributed by atoms with Crippen LogP contribution in [0.2, 0.25) is 0 Å². The maximum atomic E-state index is 3.60. The molecule has 2 aliphatic carbocycles. The number of hydrogen-bond donors (Lipinski definition) is 0. The second-order valence-corrected chi connectivity index (χ2v) is 2.86. The minimum atomic E-state index is 0. The Morgan fingerprint density at radius 3 is 1.50 bits per heavy atom. The van der Waals surface area contributed by atoms with Crippen molar-refractivity contribution >= 4 is 0 Å². The average molecular weight is 314 g/mol. The molecule has 0 saturated carbocycles. The maximum absolute atomic E-state index is 3.60. The van der Waals surface area contributed by atoms with Crippen molar-refractivity contribution in [3.63, 3.8) is 0 Å². The number of hydrogen-bond acceptors (Lipinski definition) is 0. The minimum absolute atomic E-state index is 0. The van der Waals surface area contributed by atoms with Gasteiger partial charge < -0.3 is 19.3 Å². The zero-order valence-corrected chi connectivity index (χ0v) is 13.1. The smallest absolute Gasteiger partial charge is 1.00 e. The van der Waals surface area contributed by atoms with E-state index in [4.69, 9.17) is 0 Å². The SMILES string of the molecule is [C-]1=CC=CC1.[C-]1=CC=CC1.[CH2-]CCC.[Cl-].[Zr+4]. The number of rotatable bonds is 1. The van der Waals surface area contributed by atoms with E-state index < -0.39 is 0 Å². The maximum Gasteiger partial charge on any atom is 4.00 e. The third-order valence-electron chi connectivity index (χ3n) is 1.53. The molecule has 2 aliphatic rings. The third-order valence-corrected chi connectivity index (χ3v) is 1.53. The first-order valence-corrected chi connectivity index (χ1v) is 5.14. The van der Waals surface area contributed by atoms with Crippen LogP contribution in [0.5, 0.6) is 0 Å². The van der Waals surface area contributed by atoms with Gasteiger partial charge in [0.1, 0.15) is 0 Å². The van der Waals surface area contributed by atoms with E-state index in [2.05, 4.69) is 38.2 Å². The van der Waals surface area contributed by atoms with Gasteiger partial charge in [0.15, 0.2) is 0 Å². The summed E-state index contributed by atoms with van der Waals surface area (Å²) in [4.78, 5) is 0. The molecule has 2 rings (SSSR count). The molecule has 0 aliphatic heterocycles. The van der Waals surface area contributed by atoms with E-state index in [1.54, 1.807) is 0 Å². The molecule has 0 nitrogen and oxygen atoms in total. The van der Waals surface area contributed by atoms with E-state index in [0.29, 0.717) is 0 Å². The van der Waals surface area contributed by atoms with Gasteiger partial charge in [0, 0.05) is 0 Å². The Labute approximate surface area is 126 Å². The number of unbranched alkanes of at least 4 members (excludes halogenated alkanes) is 1. The molecule has 0 atom stereocenters. The quantitative estimate of drug-likeness (QED) is 0.639. The summed E-state index contributed by atoms with van der Waals surface area (Å²) in [6, 6.07) is 0. The van der Waals surface area contributed by atoms with E-state index in [-0.39, 0.29) is 38.6 Å². The van der Waals surface area contributed by atoms with Gasteiger partial charge in [-0.1, -0.05) is 13.3 Å². The monoisotopic (exact) mass is 312 g/mol. The molecule has 0 aromatic heterocycles. The molecule has 0 amide bonds. The summed E-state index contributed by atoms with van der Waals surface area (Å²) in [5.74, 6) is 0. The van der Waals surface area contributed by atoms with Crippen LogP contribution in [0, 0.1) is 19.1 Å². The Morgan fingerprint density at radius 1 is 1.06 bits per heavy atom. The molecule has 16 heavy (non-hydrogen) atoms. The van der Waals surface area contributed by atoms with Crippen molar-refractivity contribution in [2.75, 3.05) is 0 Å². The molecule has 0 radical (unpaired) electrons. The van der Waals surface area contributed by atoms with E-state index in [0.717, 1.165) is 19.3 Å². The fourth-order valence-corrected chi connectivity index (χ4v) is 0.680. The van der Waals surface area contributed by atoms with Crippen molar-refractivity contribution < 1.29 is 38.6 Å². The van der Waals surface area contributed by atoms with Gasteiger partial charge in [-0.15, -0.1) is 12.8 Å². The Morgan fingerprint density at radius 2 is 1.44 bits per heavy atom. The molecule has 0 saturated heterocycles. The molecule has 0 bridgehead atoms. The van der Waals surface area contributed by atoms with Crippen LogP contribution in [0.4, 0.5) is 0 Å². The number of halogens is 1. The molecule has 0 unspecified atom stereocenters. The van der Waals surface area contributed by atoms with Crippen LogP contribution in [-0.2, 0) is 26.2 Å². The van der Waals surface area contributed by atoms with Crippen molar-refractivity contribution in [2.45, 2.75) is 32.6 Å². The fourth-order valence-electron chi connectivity index (χ4n) is 0.680. The summed E-state index contributed by atoms with van der Waals surface area (Å²) in [6.45, 7) is 5.72. The first-order chi connectivity index (χ1) is 6.91. The van der Waals surface area contributed by atoms with Crippen LogP contribution >= 0.6 is 0 Å². The summed E-state index contributed by atoms with van der Waals surface area (Å²) < 4.78 is 0. The van der Waals surface area contributed by atoms with E-state index >= 15 is 0 Å². The molecular weight excluding hydrogens is 295 g/mol. The molecule has 0 N–H and O–H groups in total. The van der Waals surface area contributed by atoms with Crippen LogP contribution in [0.1, 0.15) is 32.6 Å². The van der Waals surface area contributed by atoms with Crippen molar-refractivity contribution in [1.29, 1.82) is 0 Å². The van der Waals surface area contributed by atoms with Crippen molar-refractivity contribution in [3.05, 3.63) is 55.5 Å². The van der Waals surface area contributed by atoms with Gasteiger partial charge >= 0.3 is 26.2 Å². The van der Waals surface area contributed by atoms with Crippen LogP contribution in [0.3, 0.4) is 0 Å². The normalized spacial score (nSPS) is 12.9. The largest absolute Gasteiger partial charge is 4.00 e. The van der Waals surface area contributed by atoms with Crippen molar-refractivity contribution in [3.8, 4) is 0 Å². The first-order valence-electron chi connectivity index (χ1n) is 5.14. The summed E-state index contributed by atoms with van der Waals surface area (Å²) in [6.07, 6.45) is 22.3. The van der Waals surface area contributed by atoms with Crippen LogP contribution in [0.15, 0.2) is 36.5 Å². The van der Waals surface area contributed by atoms with Gasteiger partial charge in [0.2, 0.25) is 0 Å². The molecule has 0 spiro atoms. The Balaban J connectivity index is -0.000000151. The van der Waals surface area contributed by atoms with Crippen molar-refractivity contribution in [1.82, 2.24) is 0 Å². The molecule has 0 aromatic carbocycles. The van der Waals surface area contributed by atoms with Crippen LogP contribution in [0.25, 0.3) is 0 Å². The van der Waals surface area contributed by atoms with Gasteiger partial charge in [-0.2, -0.15) is 18.6 Å². The van der Waals surface area contributed by atoms with Crippen LogP contribution in [-0.4, -0.2) is 0 Å². The molecule has 0 fully saturated rings. The summed E-state index contributed by atoms with van der Waals surface area (Å²) in [7, 11) is 0. The molecule has 0 aromatic rings. The minimum Gasteiger partial charge on any atom is -1.00 e. The molecule has 86 valence electrons. The van der Waals surface area contributed by atoms with Crippen LogP contribution < -0.4 is 12.4 Å². The van der Waals surface area contributed by atoms with Gasteiger partial charge in [-0.3, -0.25) is 12.2 Å². The van der Waals surface area contributed by atoms with E-state index in [1.807, 2.05) is 24.3 Å². The Hall–Kier alpha value is 0.133. The predicted octanol–water partition coefficient (Wildman–Crippen LogP) is 1.23. The third kappa shape index (κ3) is 19.7. The van der Waals surface area contributed by atoms with Gasteiger partial charge in [0.25, 0.3) is 0 Å². The van der Waals surface area contributed by atoms with Gasteiger partial charge in [-0.25, -0.2) is 24.3 Å². The standard InChI is InChI=1S/2C5H5.C4H9.ClH.Zr/c2*1-2-4-5-3-1;1-3-4-2;;/h2*1-3H,4H2;1,3-4H2,2H3;1H;/q3*-1;;+4/p-1.